The first-order valence-electron chi connectivity index (χ1n) is 6.81. The number of rotatable bonds is 7. The molecule has 1 unspecified atom stereocenters. The van der Waals surface area contributed by atoms with Crippen LogP contribution in [-0.4, -0.2) is 17.9 Å². The van der Waals surface area contributed by atoms with Crippen LogP contribution in [0, 0.1) is 5.92 Å². The Kier molecular flexibility index (Phi) is 6.06. The maximum Gasteiger partial charge on any atom is 0.136 e. The topological polar surface area (TPSA) is 29.1 Å². The van der Waals surface area contributed by atoms with Crippen LogP contribution in [0.2, 0.25) is 0 Å². The number of hydrogen-bond donors (Lipinski definition) is 1. The molecule has 0 radical (unpaired) electrons. The summed E-state index contributed by atoms with van der Waals surface area (Å²) >= 11 is 0. The molecule has 0 bridgehead atoms. The molecule has 1 aromatic carbocycles. The molecule has 0 aliphatic rings. The summed E-state index contributed by atoms with van der Waals surface area (Å²) in [5.41, 5.74) is 1.28. The molecular weight excluding hydrogens is 222 g/mol. The van der Waals surface area contributed by atoms with Gasteiger partial charge in [0.1, 0.15) is 5.78 Å². The fourth-order valence-electron chi connectivity index (χ4n) is 2.04. The van der Waals surface area contributed by atoms with E-state index in [2.05, 4.69) is 31.3 Å². The van der Waals surface area contributed by atoms with E-state index in [1.165, 1.54) is 5.56 Å². The highest BCUT2D eigenvalue weighted by atomic mass is 16.1. The van der Waals surface area contributed by atoms with Crippen molar-refractivity contribution in [1.82, 2.24) is 5.32 Å². The lowest BCUT2D eigenvalue weighted by atomic mass is 9.96. The van der Waals surface area contributed by atoms with Crippen LogP contribution in [0.3, 0.4) is 0 Å². The number of carbonyl (C=O) groups excluding carboxylic acids is 1. The molecule has 18 heavy (non-hydrogen) atoms. The molecule has 1 atom stereocenters. The molecule has 0 heterocycles. The summed E-state index contributed by atoms with van der Waals surface area (Å²) in [6.07, 6.45) is 1.53. The monoisotopic (exact) mass is 247 g/mol. The number of hydrogen-bond acceptors (Lipinski definition) is 2. The molecule has 1 aromatic rings. The normalized spacial score (nSPS) is 13.0. The molecule has 0 fully saturated rings. The Balaban J connectivity index is 2.64. The summed E-state index contributed by atoms with van der Waals surface area (Å²) in [4.78, 5) is 11.9. The van der Waals surface area contributed by atoms with Crippen molar-refractivity contribution >= 4 is 5.78 Å². The van der Waals surface area contributed by atoms with Gasteiger partial charge in [0, 0.05) is 24.4 Å². The average Bonchev–Trinajstić information content (AvgIpc) is 2.29. The van der Waals surface area contributed by atoms with Crippen molar-refractivity contribution in [2.75, 3.05) is 0 Å². The van der Waals surface area contributed by atoms with Crippen LogP contribution in [0.25, 0.3) is 0 Å². The molecule has 2 heteroatoms. The molecule has 0 aromatic heterocycles. The van der Waals surface area contributed by atoms with Crippen LogP contribution >= 0.6 is 0 Å². The van der Waals surface area contributed by atoms with Crippen LogP contribution in [-0.2, 0) is 11.2 Å². The summed E-state index contributed by atoms with van der Waals surface area (Å²) < 4.78 is 0. The van der Waals surface area contributed by atoms with Gasteiger partial charge in [-0.25, -0.2) is 0 Å². The third-order valence-corrected chi connectivity index (χ3v) is 2.99. The number of nitrogens with one attached hydrogen (secondary N) is 1. The minimum absolute atomic E-state index is 0.122. The Morgan fingerprint density at radius 2 is 1.72 bits per heavy atom. The fraction of sp³-hybridized carbons (Fsp3) is 0.562. The third-order valence-electron chi connectivity index (χ3n) is 2.99. The van der Waals surface area contributed by atoms with Gasteiger partial charge >= 0.3 is 0 Å². The van der Waals surface area contributed by atoms with Gasteiger partial charge in [-0.3, -0.25) is 4.79 Å². The van der Waals surface area contributed by atoms with Crippen LogP contribution in [0.15, 0.2) is 30.3 Å². The van der Waals surface area contributed by atoms with E-state index in [-0.39, 0.29) is 12.0 Å². The Hall–Kier alpha value is -1.15. The van der Waals surface area contributed by atoms with Crippen molar-refractivity contribution < 1.29 is 4.79 Å². The van der Waals surface area contributed by atoms with Crippen molar-refractivity contribution in [2.45, 2.75) is 52.6 Å². The second-order valence-corrected chi connectivity index (χ2v) is 5.53. The Morgan fingerprint density at radius 1 is 1.11 bits per heavy atom. The van der Waals surface area contributed by atoms with Crippen LogP contribution in [0.4, 0.5) is 0 Å². The van der Waals surface area contributed by atoms with E-state index >= 15 is 0 Å². The van der Waals surface area contributed by atoms with E-state index < -0.39 is 0 Å². The van der Waals surface area contributed by atoms with E-state index in [9.17, 15) is 4.79 Å². The van der Waals surface area contributed by atoms with Crippen molar-refractivity contribution in [3.63, 3.8) is 0 Å². The Morgan fingerprint density at radius 3 is 2.22 bits per heavy atom. The Bertz CT molecular complexity index is 357. The smallest absolute Gasteiger partial charge is 0.136 e. The molecule has 2 nitrogen and oxygen atoms in total. The predicted molar refractivity (Wildman–Crippen MR) is 76.7 cm³/mol. The number of ketones is 1. The van der Waals surface area contributed by atoms with Crippen LogP contribution < -0.4 is 5.32 Å². The van der Waals surface area contributed by atoms with Gasteiger partial charge in [0.05, 0.1) is 0 Å². The summed E-state index contributed by atoms with van der Waals surface area (Å²) in [5.74, 6) is 0.460. The van der Waals surface area contributed by atoms with Gasteiger partial charge < -0.3 is 5.32 Å². The first-order valence-corrected chi connectivity index (χ1v) is 6.81. The summed E-state index contributed by atoms with van der Waals surface area (Å²) in [6, 6.07) is 11.0. The molecule has 0 saturated carbocycles. The van der Waals surface area contributed by atoms with Gasteiger partial charge in [0.15, 0.2) is 0 Å². The minimum atomic E-state index is 0.122. The number of benzene rings is 1. The second kappa shape index (κ2) is 7.32. The lowest BCUT2D eigenvalue weighted by Crippen LogP contribution is -2.38. The molecule has 0 aliphatic heterocycles. The molecule has 0 spiro atoms. The van der Waals surface area contributed by atoms with Crippen molar-refractivity contribution in [3.05, 3.63) is 35.9 Å². The maximum absolute atomic E-state index is 11.9. The van der Waals surface area contributed by atoms with Crippen molar-refractivity contribution in [3.8, 4) is 0 Å². The van der Waals surface area contributed by atoms with Gasteiger partial charge in [-0.1, -0.05) is 58.0 Å². The zero-order valence-electron chi connectivity index (χ0n) is 11.9. The lowest BCUT2D eigenvalue weighted by molar-refractivity contribution is -0.122. The first-order chi connectivity index (χ1) is 8.49. The summed E-state index contributed by atoms with van der Waals surface area (Å²) in [7, 11) is 0. The zero-order chi connectivity index (χ0) is 13.5. The van der Waals surface area contributed by atoms with E-state index in [4.69, 9.17) is 0 Å². The second-order valence-electron chi connectivity index (χ2n) is 5.53. The molecule has 0 saturated heterocycles. The highest BCUT2D eigenvalue weighted by Gasteiger charge is 2.17. The minimum Gasteiger partial charge on any atom is -0.311 e. The molecule has 0 amide bonds. The number of Topliss-reactive ketones (excluding diaryl/α,β-unsaturated/α-hetero) is 1. The highest BCUT2D eigenvalue weighted by Crippen LogP contribution is 2.10. The molecule has 100 valence electrons. The fourth-order valence-corrected chi connectivity index (χ4v) is 2.04. The van der Waals surface area contributed by atoms with E-state index in [0.29, 0.717) is 18.2 Å². The quantitative estimate of drug-likeness (QED) is 0.801. The number of carbonyl (C=O) groups is 1. The molecule has 1 rings (SSSR count). The summed E-state index contributed by atoms with van der Waals surface area (Å²) in [6.45, 7) is 8.18. The average molecular weight is 247 g/mol. The van der Waals surface area contributed by atoms with Gasteiger partial charge in [0.2, 0.25) is 0 Å². The van der Waals surface area contributed by atoms with Crippen LogP contribution in [0.5, 0.6) is 0 Å². The largest absolute Gasteiger partial charge is 0.311 e. The maximum atomic E-state index is 11.9. The highest BCUT2D eigenvalue weighted by molar-refractivity contribution is 5.80. The van der Waals surface area contributed by atoms with Crippen molar-refractivity contribution in [2.24, 2.45) is 5.92 Å². The predicted octanol–water partition coefficient (Wildman–Crippen LogP) is 3.21. The van der Waals surface area contributed by atoms with Crippen molar-refractivity contribution in [1.29, 1.82) is 0 Å². The van der Waals surface area contributed by atoms with Gasteiger partial charge in [-0.05, 0) is 12.0 Å². The van der Waals surface area contributed by atoms with Gasteiger partial charge in [-0.15, -0.1) is 0 Å². The zero-order valence-corrected chi connectivity index (χ0v) is 11.9. The van der Waals surface area contributed by atoms with Crippen LogP contribution in [0.1, 0.15) is 39.7 Å². The van der Waals surface area contributed by atoms with E-state index in [0.717, 1.165) is 6.42 Å². The molecule has 1 N–H and O–H groups in total. The Labute approximate surface area is 111 Å². The lowest BCUT2D eigenvalue weighted by Gasteiger charge is -2.21. The SMILES string of the molecule is CC(C)NC(CC(=O)C(C)C)Cc1ccccc1. The molecule has 0 aliphatic carbocycles. The van der Waals surface area contributed by atoms with Gasteiger partial charge in [-0.2, -0.15) is 0 Å². The van der Waals surface area contributed by atoms with E-state index in [1.807, 2.05) is 32.0 Å². The summed E-state index contributed by atoms with van der Waals surface area (Å²) in [5, 5.41) is 3.49. The van der Waals surface area contributed by atoms with E-state index in [1.54, 1.807) is 0 Å². The third kappa shape index (κ3) is 5.46. The standard InChI is InChI=1S/C16H25NO/c1-12(2)16(18)11-15(17-13(3)4)10-14-8-6-5-7-9-14/h5-9,12-13,15,17H,10-11H2,1-4H3. The molecular formula is C16H25NO. The van der Waals surface area contributed by atoms with Gasteiger partial charge in [0.25, 0.3) is 0 Å². The first kappa shape index (κ1) is 14.9.